The van der Waals surface area contributed by atoms with Crippen LogP contribution in [-0.4, -0.2) is 36.0 Å². The molecule has 0 spiro atoms. The number of aromatic nitrogens is 3. The summed E-state index contributed by atoms with van der Waals surface area (Å²) in [5.41, 5.74) is 1.12. The fourth-order valence-corrected chi connectivity index (χ4v) is 3.31. The van der Waals surface area contributed by atoms with Crippen LogP contribution in [0.15, 0.2) is 54.9 Å². The van der Waals surface area contributed by atoms with E-state index >= 15 is 0 Å². The van der Waals surface area contributed by atoms with Gasteiger partial charge in [0.2, 0.25) is 5.95 Å². The fourth-order valence-electron chi connectivity index (χ4n) is 2.52. The SMILES string of the molecule is CS(=O)(=O)Cc1cccc(Nc2ncnc(-c3ccccc3OC(F)(F)F)n2)c1. The van der Waals surface area contributed by atoms with Gasteiger partial charge in [-0.25, -0.2) is 18.4 Å². The largest absolute Gasteiger partial charge is 0.573 e. The van der Waals surface area contributed by atoms with E-state index in [2.05, 4.69) is 25.0 Å². The Balaban J connectivity index is 1.87. The van der Waals surface area contributed by atoms with Crippen LogP contribution in [0.3, 0.4) is 0 Å². The Morgan fingerprint density at radius 1 is 1.07 bits per heavy atom. The topological polar surface area (TPSA) is 94.1 Å². The second kappa shape index (κ2) is 8.03. The van der Waals surface area contributed by atoms with Crippen LogP contribution in [0.5, 0.6) is 5.75 Å². The summed E-state index contributed by atoms with van der Waals surface area (Å²) in [5, 5.41) is 2.89. The zero-order valence-corrected chi connectivity index (χ0v) is 15.8. The van der Waals surface area contributed by atoms with E-state index in [1.165, 1.54) is 18.2 Å². The molecule has 0 unspecified atom stereocenters. The minimum atomic E-state index is -4.86. The molecule has 0 amide bonds. The highest BCUT2D eigenvalue weighted by Gasteiger charge is 2.32. The van der Waals surface area contributed by atoms with Crippen LogP contribution in [0, 0.1) is 0 Å². The predicted octanol–water partition coefficient (Wildman–Crippen LogP) is 3.73. The number of hydrogen-bond donors (Lipinski definition) is 1. The molecule has 0 aliphatic carbocycles. The lowest BCUT2D eigenvalue weighted by Crippen LogP contribution is -2.17. The van der Waals surface area contributed by atoms with Gasteiger partial charge in [0.05, 0.1) is 11.3 Å². The average molecular weight is 424 g/mol. The number of para-hydroxylation sites is 1. The fraction of sp³-hybridized carbons (Fsp3) is 0.167. The molecular weight excluding hydrogens is 409 g/mol. The van der Waals surface area contributed by atoms with Gasteiger partial charge in [0, 0.05) is 11.9 Å². The van der Waals surface area contributed by atoms with Gasteiger partial charge >= 0.3 is 6.36 Å². The highest BCUT2D eigenvalue weighted by molar-refractivity contribution is 7.89. The number of benzene rings is 2. The maximum atomic E-state index is 12.6. The van der Waals surface area contributed by atoms with Crippen LogP contribution >= 0.6 is 0 Å². The zero-order valence-electron chi connectivity index (χ0n) is 15.0. The number of ether oxygens (including phenoxy) is 1. The van der Waals surface area contributed by atoms with Crippen molar-refractivity contribution in [3.05, 3.63) is 60.4 Å². The first-order valence-corrected chi connectivity index (χ1v) is 10.2. The number of anilines is 2. The molecule has 3 rings (SSSR count). The first kappa shape index (κ1) is 20.5. The van der Waals surface area contributed by atoms with E-state index in [0.29, 0.717) is 11.3 Å². The summed E-state index contributed by atoms with van der Waals surface area (Å²) in [5.74, 6) is -0.511. The van der Waals surface area contributed by atoms with Gasteiger partial charge in [-0.15, -0.1) is 13.2 Å². The molecule has 11 heteroatoms. The molecule has 0 fully saturated rings. The highest BCUT2D eigenvalue weighted by atomic mass is 32.2. The summed E-state index contributed by atoms with van der Waals surface area (Å²) < 4.78 is 64.8. The number of halogens is 3. The Hall–Kier alpha value is -3.21. The van der Waals surface area contributed by atoms with E-state index in [1.807, 2.05) is 0 Å². The Morgan fingerprint density at radius 3 is 2.55 bits per heavy atom. The van der Waals surface area contributed by atoms with Crippen LogP contribution in [0.4, 0.5) is 24.8 Å². The molecule has 0 aliphatic rings. The molecule has 0 bridgehead atoms. The molecule has 2 aromatic carbocycles. The molecule has 1 N–H and O–H groups in total. The van der Waals surface area contributed by atoms with Crippen molar-refractivity contribution in [2.45, 2.75) is 12.1 Å². The number of alkyl halides is 3. The third kappa shape index (κ3) is 6.14. The van der Waals surface area contributed by atoms with Gasteiger partial charge < -0.3 is 10.1 Å². The average Bonchev–Trinajstić information content (AvgIpc) is 2.60. The molecule has 152 valence electrons. The Labute approximate surface area is 164 Å². The van der Waals surface area contributed by atoms with Gasteiger partial charge in [0.25, 0.3) is 0 Å². The molecule has 7 nitrogen and oxygen atoms in total. The van der Waals surface area contributed by atoms with Crippen LogP contribution < -0.4 is 10.1 Å². The molecule has 1 heterocycles. The quantitative estimate of drug-likeness (QED) is 0.644. The first-order valence-electron chi connectivity index (χ1n) is 8.17. The minimum absolute atomic E-state index is 0.0189. The maximum Gasteiger partial charge on any atom is 0.573 e. The van der Waals surface area contributed by atoms with E-state index in [4.69, 9.17) is 0 Å². The molecular formula is C18H15F3N4O3S. The molecule has 0 radical (unpaired) electrons. The normalized spacial score (nSPS) is 11.9. The molecule has 1 aromatic heterocycles. The van der Waals surface area contributed by atoms with Crippen molar-refractivity contribution in [2.24, 2.45) is 0 Å². The van der Waals surface area contributed by atoms with Gasteiger partial charge in [-0.2, -0.15) is 4.98 Å². The van der Waals surface area contributed by atoms with E-state index in [0.717, 1.165) is 18.6 Å². The number of hydrogen-bond acceptors (Lipinski definition) is 7. The molecule has 0 saturated carbocycles. The maximum absolute atomic E-state index is 12.6. The van der Waals surface area contributed by atoms with Gasteiger partial charge in [0.1, 0.15) is 12.1 Å². The molecule has 0 aliphatic heterocycles. The second-order valence-electron chi connectivity index (χ2n) is 6.07. The van der Waals surface area contributed by atoms with Crippen molar-refractivity contribution in [1.29, 1.82) is 0 Å². The number of rotatable bonds is 6. The molecule has 29 heavy (non-hydrogen) atoms. The lowest BCUT2D eigenvalue weighted by atomic mass is 10.2. The van der Waals surface area contributed by atoms with Crippen LogP contribution in [0.2, 0.25) is 0 Å². The summed E-state index contributed by atoms with van der Waals surface area (Å²) >= 11 is 0. The predicted molar refractivity (Wildman–Crippen MR) is 100 cm³/mol. The van der Waals surface area contributed by atoms with Crippen molar-refractivity contribution in [2.75, 3.05) is 11.6 Å². The summed E-state index contributed by atoms with van der Waals surface area (Å²) in [4.78, 5) is 12.0. The second-order valence-corrected chi connectivity index (χ2v) is 8.21. The van der Waals surface area contributed by atoms with Crippen LogP contribution in [-0.2, 0) is 15.6 Å². The van der Waals surface area contributed by atoms with Crippen molar-refractivity contribution in [3.63, 3.8) is 0 Å². The minimum Gasteiger partial charge on any atom is -0.405 e. The van der Waals surface area contributed by atoms with Crippen molar-refractivity contribution in [3.8, 4) is 17.1 Å². The van der Waals surface area contributed by atoms with Crippen LogP contribution in [0.1, 0.15) is 5.56 Å². The van der Waals surface area contributed by atoms with Crippen molar-refractivity contribution in [1.82, 2.24) is 15.0 Å². The third-order valence-electron chi connectivity index (χ3n) is 3.54. The van der Waals surface area contributed by atoms with E-state index in [1.54, 1.807) is 24.3 Å². The Kier molecular flexibility index (Phi) is 5.69. The standard InChI is InChI=1S/C18H15F3N4O3S/c1-29(26,27)10-12-5-4-6-13(9-12)24-17-23-11-22-16(25-17)14-7-2-3-8-15(14)28-18(19,20)21/h2-9,11H,10H2,1H3,(H,22,23,24,25). The van der Waals surface area contributed by atoms with E-state index in [9.17, 15) is 21.6 Å². The van der Waals surface area contributed by atoms with Gasteiger partial charge in [-0.05, 0) is 29.8 Å². The summed E-state index contributed by atoms with van der Waals surface area (Å²) in [6, 6.07) is 12.1. The molecule has 0 atom stereocenters. The van der Waals surface area contributed by atoms with Gasteiger partial charge in [-0.3, -0.25) is 0 Å². The number of sulfone groups is 1. The van der Waals surface area contributed by atoms with Gasteiger partial charge in [-0.1, -0.05) is 24.3 Å². The molecule has 3 aromatic rings. The van der Waals surface area contributed by atoms with Gasteiger partial charge in [0.15, 0.2) is 15.7 Å². The van der Waals surface area contributed by atoms with E-state index in [-0.39, 0.29) is 23.1 Å². The Morgan fingerprint density at radius 2 is 1.83 bits per heavy atom. The molecule has 0 saturated heterocycles. The smallest absolute Gasteiger partial charge is 0.405 e. The van der Waals surface area contributed by atoms with E-state index < -0.39 is 21.9 Å². The lowest BCUT2D eigenvalue weighted by molar-refractivity contribution is -0.274. The lowest BCUT2D eigenvalue weighted by Gasteiger charge is -2.12. The monoisotopic (exact) mass is 424 g/mol. The van der Waals surface area contributed by atoms with Crippen molar-refractivity contribution >= 4 is 21.5 Å². The van der Waals surface area contributed by atoms with Crippen molar-refractivity contribution < 1.29 is 26.3 Å². The Bertz CT molecular complexity index is 1120. The zero-order chi connectivity index (χ0) is 21.1. The summed E-state index contributed by atoms with van der Waals surface area (Å²) in [7, 11) is -3.20. The van der Waals surface area contributed by atoms with Crippen LogP contribution in [0.25, 0.3) is 11.4 Å². The third-order valence-corrected chi connectivity index (χ3v) is 4.40. The number of nitrogens with zero attached hydrogens (tertiary/aromatic N) is 3. The summed E-state index contributed by atoms with van der Waals surface area (Å²) in [6.07, 6.45) is -2.58. The number of nitrogens with one attached hydrogen (secondary N) is 1. The first-order chi connectivity index (χ1) is 13.6. The summed E-state index contributed by atoms with van der Waals surface area (Å²) in [6.45, 7) is 0. The highest BCUT2D eigenvalue weighted by Crippen LogP contribution is 2.32.